The minimum Gasteiger partial charge on any atom is -0.352 e. The van der Waals surface area contributed by atoms with Crippen LogP contribution in [0.1, 0.15) is 40.0 Å². The molecule has 28 heavy (non-hydrogen) atoms. The van der Waals surface area contributed by atoms with E-state index in [2.05, 4.69) is 16.0 Å². The van der Waals surface area contributed by atoms with Gasteiger partial charge in [0.2, 0.25) is 11.8 Å². The van der Waals surface area contributed by atoms with Crippen molar-refractivity contribution < 1.29 is 24.0 Å². The Balaban J connectivity index is 2.44. The zero-order chi connectivity index (χ0) is 21.3. The van der Waals surface area contributed by atoms with Gasteiger partial charge in [0.1, 0.15) is 6.04 Å². The van der Waals surface area contributed by atoms with Crippen LogP contribution in [-0.4, -0.2) is 59.7 Å². The summed E-state index contributed by atoms with van der Waals surface area (Å²) in [5, 5.41) is 7.98. The molecule has 0 unspecified atom stereocenters. The smallest absolute Gasteiger partial charge is 0.312 e. The summed E-state index contributed by atoms with van der Waals surface area (Å²) in [6, 6.07) is -1.47. The largest absolute Gasteiger partial charge is 0.352 e. The molecule has 0 aromatic rings. The number of hydrogen-bond acceptors (Lipinski definition) is 5. The van der Waals surface area contributed by atoms with Gasteiger partial charge in [0.05, 0.1) is 0 Å². The summed E-state index contributed by atoms with van der Waals surface area (Å²) in [7, 11) is 0. The van der Waals surface area contributed by atoms with E-state index >= 15 is 0 Å². The highest BCUT2D eigenvalue weighted by Crippen LogP contribution is 2.07. The molecule has 0 saturated carbocycles. The number of urea groups is 1. The molecule has 0 aromatic heterocycles. The number of nitrogens with one attached hydrogen (secondary N) is 3. The highest BCUT2D eigenvalue weighted by atomic mass is 16.2. The molecular formula is C18H29N5O5. The van der Waals surface area contributed by atoms with Crippen LogP contribution >= 0.6 is 0 Å². The first-order valence-corrected chi connectivity index (χ1v) is 9.28. The molecule has 0 fully saturated rings. The topological polar surface area (TPSA) is 151 Å². The number of hydrogen-bond donors (Lipinski definition) is 4. The molecule has 5 N–H and O–H groups in total. The molecule has 10 heteroatoms. The molecule has 0 aromatic carbocycles. The van der Waals surface area contributed by atoms with E-state index in [0.29, 0.717) is 19.4 Å². The van der Waals surface area contributed by atoms with Gasteiger partial charge in [-0.3, -0.25) is 24.1 Å². The lowest BCUT2D eigenvalue weighted by Crippen LogP contribution is -2.52. The third kappa shape index (κ3) is 7.77. The molecule has 1 aliphatic heterocycles. The maximum atomic E-state index is 12.5. The second kappa shape index (κ2) is 11.1. The van der Waals surface area contributed by atoms with Crippen LogP contribution in [0, 0.1) is 5.92 Å². The Hall–Kier alpha value is -2.91. The fraction of sp³-hybridized carbons (Fsp3) is 0.611. The van der Waals surface area contributed by atoms with Crippen LogP contribution in [0.25, 0.3) is 0 Å². The number of carbonyl (C=O) groups excluding carboxylic acids is 5. The van der Waals surface area contributed by atoms with Gasteiger partial charge >= 0.3 is 6.03 Å². The Bertz CT molecular complexity index is 628. The van der Waals surface area contributed by atoms with E-state index in [9.17, 15) is 24.0 Å². The van der Waals surface area contributed by atoms with Crippen molar-refractivity contribution in [2.45, 2.75) is 52.1 Å². The van der Waals surface area contributed by atoms with Gasteiger partial charge in [-0.1, -0.05) is 13.8 Å². The maximum Gasteiger partial charge on any atom is 0.312 e. The fourth-order valence-corrected chi connectivity index (χ4v) is 2.67. The third-order valence-electron chi connectivity index (χ3n) is 4.23. The van der Waals surface area contributed by atoms with Crippen LogP contribution in [0.5, 0.6) is 0 Å². The van der Waals surface area contributed by atoms with Crippen molar-refractivity contribution in [3.63, 3.8) is 0 Å². The van der Waals surface area contributed by atoms with Crippen molar-refractivity contribution in [2.24, 2.45) is 11.7 Å². The Labute approximate surface area is 164 Å². The molecule has 1 rings (SSSR count). The highest BCUT2D eigenvalue weighted by molar-refractivity contribution is 6.13. The monoisotopic (exact) mass is 395 g/mol. The molecule has 0 aliphatic carbocycles. The Morgan fingerprint density at radius 2 is 1.68 bits per heavy atom. The van der Waals surface area contributed by atoms with E-state index < -0.39 is 29.8 Å². The predicted molar refractivity (Wildman–Crippen MR) is 102 cm³/mol. The average Bonchev–Trinajstić information content (AvgIpc) is 2.92. The quantitative estimate of drug-likeness (QED) is 0.272. The van der Waals surface area contributed by atoms with Gasteiger partial charge in [-0.15, -0.1) is 0 Å². The van der Waals surface area contributed by atoms with E-state index in [1.807, 2.05) is 20.8 Å². The summed E-state index contributed by atoms with van der Waals surface area (Å²) in [6.45, 7) is 5.83. The first-order valence-electron chi connectivity index (χ1n) is 9.28. The zero-order valence-electron chi connectivity index (χ0n) is 16.5. The third-order valence-corrected chi connectivity index (χ3v) is 4.23. The van der Waals surface area contributed by atoms with Gasteiger partial charge in [0.25, 0.3) is 11.8 Å². The summed E-state index contributed by atoms with van der Waals surface area (Å²) in [5.41, 5.74) is 4.99. The van der Waals surface area contributed by atoms with Crippen LogP contribution in [-0.2, 0) is 19.2 Å². The van der Waals surface area contributed by atoms with Crippen molar-refractivity contribution in [1.82, 2.24) is 20.9 Å². The minimum atomic E-state index is -0.734. The highest BCUT2D eigenvalue weighted by Gasteiger charge is 2.27. The average molecular weight is 395 g/mol. The maximum absolute atomic E-state index is 12.5. The Morgan fingerprint density at radius 3 is 2.21 bits per heavy atom. The van der Waals surface area contributed by atoms with Crippen molar-refractivity contribution in [3.8, 4) is 0 Å². The first kappa shape index (κ1) is 23.1. The lowest BCUT2D eigenvalue weighted by Gasteiger charge is -2.24. The number of nitrogens with zero attached hydrogens (tertiary/aromatic N) is 1. The lowest BCUT2D eigenvalue weighted by atomic mass is 10.0. The van der Waals surface area contributed by atoms with Crippen molar-refractivity contribution in [1.29, 1.82) is 0 Å². The molecular weight excluding hydrogens is 366 g/mol. The van der Waals surface area contributed by atoms with Gasteiger partial charge in [0.15, 0.2) is 0 Å². The van der Waals surface area contributed by atoms with Gasteiger partial charge in [-0.25, -0.2) is 4.79 Å². The molecule has 1 heterocycles. The Morgan fingerprint density at radius 1 is 1.07 bits per heavy atom. The van der Waals surface area contributed by atoms with Gasteiger partial charge < -0.3 is 21.7 Å². The second-order valence-electron chi connectivity index (χ2n) is 7.04. The fourth-order valence-electron chi connectivity index (χ4n) is 2.67. The van der Waals surface area contributed by atoms with E-state index in [0.717, 1.165) is 17.1 Å². The molecule has 6 amide bonds. The van der Waals surface area contributed by atoms with Crippen molar-refractivity contribution >= 4 is 29.7 Å². The zero-order valence-corrected chi connectivity index (χ0v) is 16.5. The number of primary amides is 1. The first-order chi connectivity index (χ1) is 13.1. The van der Waals surface area contributed by atoms with Crippen LogP contribution in [0.15, 0.2) is 12.2 Å². The van der Waals surface area contributed by atoms with Crippen molar-refractivity contribution in [2.75, 3.05) is 13.1 Å². The number of nitrogens with two attached hydrogens (primary N) is 1. The lowest BCUT2D eigenvalue weighted by molar-refractivity contribution is -0.137. The van der Waals surface area contributed by atoms with Crippen LogP contribution in [0.3, 0.4) is 0 Å². The molecule has 0 saturated heterocycles. The molecule has 1 aliphatic rings. The van der Waals surface area contributed by atoms with E-state index in [-0.39, 0.29) is 30.8 Å². The van der Waals surface area contributed by atoms with Crippen molar-refractivity contribution in [3.05, 3.63) is 12.2 Å². The van der Waals surface area contributed by atoms with Crippen LogP contribution < -0.4 is 21.7 Å². The van der Waals surface area contributed by atoms with E-state index in [4.69, 9.17) is 5.73 Å². The molecule has 2 atom stereocenters. The van der Waals surface area contributed by atoms with Gasteiger partial charge in [-0.2, -0.15) is 0 Å². The number of rotatable bonds is 11. The van der Waals surface area contributed by atoms with Gasteiger partial charge in [-0.05, 0) is 25.7 Å². The Kier molecular flexibility index (Phi) is 9.13. The van der Waals surface area contributed by atoms with Crippen LogP contribution in [0.2, 0.25) is 0 Å². The predicted octanol–water partition coefficient (Wildman–Crippen LogP) is -0.604. The van der Waals surface area contributed by atoms with E-state index in [1.54, 1.807) is 0 Å². The normalized spacial score (nSPS) is 15.5. The number of imide groups is 1. The standard InChI is InChI=1S/C18H29N5O5/c1-11(2)16(17(27)21-12(3)5-4-9-20-18(19)28)22-13(24)8-10-23-14(25)6-7-15(23)26/h6-7,11-12,16H,4-5,8-10H2,1-3H3,(H,21,27)(H,22,24)(H3,19,20,28)/t12-,16-/m0/s1. The van der Waals surface area contributed by atoms with Crippen LogP contribution in [0.4, 0.5) is 4.79 Å². The number of carbonyl (C=O) groups is 5. The second-order valence-corrected chi connectivity index (χ2v) is 7.04. The summed E-state index contributed by atoms with van der Waals surface area (Å²) in [4.78, 5) is 59.3. The molecule has 156 valence electrons. The summed E-state index contributed by atoms with van der Waals surface area (Å²) in [5.74, 6) is -1.77. The summed E-state index contributed by atoms with van der Waals surface area (Å²) < 4.78 is 0. The molecule has 0 radical (unpaired) electrons. The summed E-state index contributed by atoms with van der Waals surface area (Å²) in [6.07, 6.45) is 3.52. The summed E-state index contributed by atoms with van der Waals surface area (Å²) >= 11 is 0. The number of amides is 6. The van der Waals surface area contributed by atoms with E-state index in [1.165, 1.54) is 0 Å². The van der Waals surface area contributed by atoms with Gasteiger partial charge in [0, 0.05) is 37.7 Å². The molecule has 0 bridgehead atoms. The minimum absolute atomic E-state index is 0.0355. The SMILES string of the molecule is CC(C)[C@H](NC(=O)CCN1C(=O)C=CC1=O)C(=O)N[C@@H](C)CCCNC(N)=O. The molecule has 10 nitrogen and oxygen atoms in total. The molecule has 0 spiro atoms.